The van der Waals surface area contributed by atoms with Crippen LogP contribution in [0.25, 0.3) is 0 Å². The van der Waals surface area contributed by atoms with Crippen LogP contribution >= 0.6 is 0 Å². The molecule has 33 heavy (non-hydrogen) atoms. The van der Waals surface area contributed by atoms with Gasteiger partial charge in [-0.05, 0) is 53.1 Å². The molecule has 4 nitrogen and oxygen atoms in total. The second-order valence-electron chi connectivity index (χ2n) is 10.7. The quantitative estimate of drug-likeness (QED) is 0.459. The van der Waals surface area contributed by atoms with E-state index in [0.29, 0.717) is 35.8 Å². The van der Waals surface area contributed by atoms with E-state index >= 15 is 0 Å². The normalized spacial score (nSPS) is 13.4. The third-order valence-electron chi connectivity index (χ3n) is 5.88. The molecule has 0 bridgehead atoms. The first-order valence-electron chi connectivity index (χ1n) is 11.5. The smallest absolute Gasteiger partial charge is 0.136 e. The zero-order chi connectivity index (χ0) is 25.0. The standard InChI is InChI=1S/C29H41NO3/c1-10-16-32-25-14-12-21(27(4,5)6)18-23(25)29(31,20(3)30)24-19-22(28(7,8)9)13-15-26(24)33-17-11-2/h10-15,18-20,31H,1-2,16-17,30H2,3-9H3/t20-/m1/s1. The van der Waals surface area contributed by atoms with E-state index in [1.165, 1.54) is 0 Å². The summed E-state index contributed by atoms with van der Waals surface area (Å²) >= 11 is 0. The van der Waals surface area contributed by atoms with Gasteiger partial charge in [0.2, 0.25) is 0 Å². The van der Waals surface area contributed by atoms with Crippen LogP contribution in [0.4, 0.5) is 0 Å². The second kappa shape index (κ2) is 10.1. The summed E-state index contributed by atoms with van der Waals surface area (Å²) in [5.41, 5.74) is 8.11. The van der Waals surface area contributed by atoms with Crippen LogP contribution in [-0.4, -0.2) is 24.4 Å². The molecule has 1 atom stereocenters. The molecule has 0 radical (unpaired) electrons. The molecule has 2 aromatic rings. The van der Waals surface area contributed by atoms with Gasteiger partial charge in [-0.3, -0.25) is 0 Å². The fraction of sp³-hybridized carbons (Fsp3) is 0.448. The highest BCUT2D eigenvalue weighted by Gasteiger charge is 2.42. The minimum atomic E-state index is -1.56. The van der Waals surface area contributed by atoms with Crippen molar-refractivity contribution >= 4 is 0 Å². The Labute approximate surface area is 200 Å². The highest BCUT2D eigenvalue weighted by molar-refractivity contribution is 5.54. The molecule has 180 valence electrons. The van der Waals surface area contributed by atoms with E-state index in [1.54, 1.807) is 12.2 Å². The van der Waals surface area contributed by atoms with Gasteiger partial charge in [0.25, 0.3) is 0 Å². The molecule has 0 aromatic heterocycles. The van der Waals surface area contributed by atoms with Crippen LogP contribution in [0.3, 0.4) is 0 Å². The van der Waals surface area contributed by atoms with Crippen LogP contribution in [0.15, 0.2) is 61.7 Å². The average molecular weight is 452 g/mol. The molecule has 4 heteroatoms. The van der Waals surface area contributed by atoms with Gasteiger partial charge in [-0.2, -0.15) is 0 Å². The number of ether oxygens (including phenoxy) is 2. The van der Waals surface area contributed by atoms with Crippen LogP contribution in [0.5, 0.6) is 11.5 Å². The molecule has 2 rings (SSSR count). The van der Waals surface area contributed by atoms with Crippen molar-refractivity contribution in [2.45, 2.75) is 70.9 Å². The Morgan fingerprint density at radius 3 is 1.45 bits per heavy atom. The van der Waals surface area contributed by atoms with Gasteiger partial charge in [-0.25, -0.2) is 0 Å². The van der Waals surface area contributed by atoms with Gasteiger partial charge in [0.1, 0.15) is 30.3 Å². The largest absolute Gasteiger partial charge is 0.489 e. The van der Waals surface area contributed by atoms with Crippen LogP contribution in [0.2, 0.25) is 0 Å². The van der Waals surface area contributed by atoms with Gasteiger partial charge in [0, 0.05) is 17.2 Å². The van der Waals surface area contributed by atoms with Crippen LogP contribution in [-0.2, 0) is 16.4 Å². The minimum absolute atomic E-state index is 0.125. The predicted octanol–water partition coefficient (Wildman–Crippen LogP) is 5.99. The molecule has 0 amide bonds. The lowest BCUT2D eigenvalue weighted by atomic mass is 9.75. The molecule has 0 unspecified atom stereocenters. The lowest BCUT2D eigenvalue weighted by Crippen LogP contribution is -2.45. The number of hydrogen-bond acceptors (Lipinski definition) is 4. The van der Waals surface area contributed by atoms with Gasteiger partial charge in [0.15, 0.2) is 0 Å². The predicted molar refractivity (Wildman–Crippen MR) is 138 cm³/mol. The number of aliphatic hydroxyl groups is 1. The van der Waals surface area contributed by atoms with Gasteiger partial charge in [-0.1, -0.05) is 79.0 Å². The zero-order valence-corrected chi connectivity index (χ0v) is 21.4. The van der Waals surface area contributed by atoms with Crippen molar-refractivity contribution in [1.29, 1.82) is 0 Å². The van der Waals surface area contributed by atoms with Gasteiger partial charge in [-0.15, -0.1) is 0 Å². The number of hydrogen-bond donors (Lipinski definition) is 2. The summed E-state index contributed by atoms with van der Waals surface area (Å²) < 4.78 is 12.0. The van der Waals surface area contributed by atoms with E-state index in [1.807, 2.05) is 43.3 Å². The first-order valence-corrected chi connectivity index (χ1v) is 11.5. The van der Waals surface area contributed by atoms with Gasteiger partial charge in [0.05, 0.1) is 0 Å². The average Bonchev–Trinajstić information content (AvgIpc) is 2.74. The van der Waals surface area contributed by atoms with Gasteiger partial charge >= 0.3 is 0 Å². The van der Waals surface area contributed by atoms with Crippen LogP contribution < -0.4 is 15.2 Å². The second-order valence-corrected chi connectivity index (χ2v) is 10.7. The molecule has 2 aromatic carbocycles. The molecule has 0 aliphatic carbocycles. The molecular formula is C29H41NO3. The van der Waals surface area contributed by atoms with E-state index in [4.69, 9.17) is 15.2 Å². The Bertz CT molecular complexity index is 904. The first-order chi connectivity index (χ1) is 15.3. The zero-order valence-electron chi connectivity index (χ0n) is 21.4. The third kappa shape index (κ3) is 5.87. The monoisotopic (exact) mass is 451 g/mol. The van der Waals surface area contributed by atoms with E-state index in [-0.39, 0.29) is 10.8 Å². The summed E-state index contributed by atoms with van der Waals surface area (Å²) in [7, 11) is 0. The molecule has 0 saturated heterocycles. The molecule has 0 heterocycles. The molecule has 0 fully saturated rings. The molecule has 3 N–H and O–H groups in total. The van der Waals surface area contributed by atoms with Gasteiger partial charge < -0.3 is 20.3 Å². The fourth-order valence-electron chi connectivity index (χ4n) is 3.77. The Balaban J connectivity index is 2.91. The van der Waals surface area contributed by atoms with Crippen molar-refractivity contribution in [2.75, 3.05) is 13.2 Å². The molecule has 0 saturated carbocycles. The lowest BCUT2D eigenvalue weighted by molar-refractivity contribution is 0.0517. The van der Waals surface area contributed by atoms with Crippen molar-refractivity contribution in [2.24, 2.45) is 5.73 Å². The lowest BCUT2D eigenvalue weighted by Gasteiger charge is -2.37. The fourth-order valence-corrected chi connectivity index (χ4v) is 3.77. The van der Waals surface area contributed by atoms with E-state index < -0.39 is 11.6 Å². The van der Waals surface area contributed by atoms with Crippen molar-refractivity contribution in [3.8, 4) is 11.5 Å². The van der Waals surface area contributed by atoms with Crippen LogP contribution in [0, 0.1) is 0 Å². The van der Waals surface area contributed by atoms with Crippen molar-refractivity contribution in [3.05, 3.63) is 84.0 Å². The maximum atomic E-state index is 12.4. The molecule has 0 aliphatic heterocycles. The number of rotatable bonds is 9. The van der Waals surface area contributed by atoms with Crippen LogP contribution in [0.1, 0.15) is 70.7 Å². The summed E-state index contributed by atoms with van der Waals surface area (Å²) in [6.07, 6.45) is 3.37. The summed E-state index contributed by atoms with van der Waals surface area (Å²) in [4.78, 5) is 0. The minimum Gasteiger partial charge on any atom is -0.489 e. The summed E-state index contributed by atoms with van der Waals surface area (Å²) in [5.74, 6) is 1.14. The van der Waals surface area contributed by atoms with Crippen molar-refractivity contribution < 1.29 is 14.6 Å². The number of benzene rings is 2. The molecule has 0 aliphatic rings. The SMILES string of the molecule is C=CCOc1ccc(C(C)(C)C)cc1C(O)(c1cc(C(C)(C)C)ccc1OCC=C)[C@@H](C)N. The highest BCUT2D eigenvalue weighted by Crippen LogP contribution is 2.44. The summed E-state index contributed by atoms with van der Waals surface area (Å²) in [6.45, 7) is 22.8. The van der Waals surface area contributed by atoms with E-state index in [2.05, 4.69) is 54.7 Å². The Hall–Kier alpha value is -2.56. The topological polar surface area (TPSA) is 64.7 Å². The molecule has 0 spiro atoms. The molecular weight excluding hydrogens is 410 g/mol. The first kappa shape index (κ1) is 26.7. The number of nitrogens with two attached hydrogens (primary N) is 1. The summed E-state index contributed by atoms with van der Waals surface area (Å²) in [5, 5.41) is 12.4. The van der Waals surface area contributed by atoms with E-state index in [9.17, 15) is 5.11 Å². The Morgan fingerprint density at radius 1 is 0.818 bits per heavy atom. The summed E-state index contributed by atoms with van der Waals surface area (Å²) in [6, 6.07) is 11.2. The Kier molecular flexibility index (Phi) is 8.21. The Morgan fingerprint density at radius 2 is 1.18 bits per heavy atom. The maximum Gasteiger partial charge on any atom is 0.136 e. The highest BCUT2D eigenvalue weighted by atomic mass is 16.5. The van der Waals surface area contributed by atoms with E-state index in [0.717, 1.165) is 11.1 Å². The third-order valence-corrected chi connectivity index (χ3v) is 5.88. The van der Waals surface area contributed by atoms with Crippen molar-refractivity contribution in [3.63, 3.8) is 0 Å². The van der Waals surface area contributed by atoms with Crippen molar-refractivity contribution in [1.82, 2.24) is 0 Å². The maximum absolute atomic E-state index is 12.4.